The van der Waals surface area contributed by atoms with Gasteiger partial charge < -0.3 is 29.4 Å². The van der Waals surface area contributed by atoms with Crippen molar-refractivity contribution < 1.29 is 24.2 Å². The predicted octanol–water partition coefficient (Wildman–Crippen LogP) is 4.87. The van der Waals surface area contributed by atoms with E-state index >= 15 is 0 Å². The number of rotatable bonds is 9. The van der Waals surface area contributed by atoms with Gasteiger partial charge in [-0.2, -0.15) is 0 Å². The summed E-state index contributed by atoms with van der Waals surface area (Å²) in [6.45, 7) is 2.64. The molecule has 2 heterocycles. The topological polar surface area (TPSA) is 106 Å². The maximum atomic E-state index is 14.3. The number of Topliss-reactive ketones (excluding diaryl/α,β-unsaturated/α-hetero) is 1. The molecule has 1 amide bonds. The van der Waals surface area contributed by atoms with Gasteiger partial charge in [-0.3, -0.25) is 9.59 Å². The molecule has 1 saturated heterocycles. The molecule has 2 fully saturated rings. The molecule has 2 N–H and O–H groups in total. The van der Waals surface area contributed by atoms with Gasteiger partial charge in [-0.05, 0) is 49.4 Å². The Hall–Kier alpha value is -3.24. The number of fused-ring (bicyclic) bond motifs is 1. The van der Waals surface area contributed by atoms with Crippen molar-refractivity contribution in [3.05, 3.63) is 71.7 Å². The number of aromatic nitrogens is 2. The highest BCUT2D eigenvalue weighted by Gasteiger charge is 2.42. The van der Waals surface area contributed by atoms with Crippen molar-refractivity contribution in [1.82, 2.24) is 19.8 Å². The molecule has 2 aliphatic carbocycles. The number of amides is 1. The number of piperazine rings is 1. The number of aliphatic hydroxyl groups is 1. The van der Waals surface area contributed by atoms with Crippen molar-refractivity contribution in [3.63, 3.8) is 0 Å². The molecule has 0 spiro atoms. The molecule has 1 aromatic heterocycles. The average molecular weight is 623 g/mol. The van der Waals surface area contributed by atoms with E-state index < -0.39 is 5.60 Å². The highest BCUT2D eigenvalue weighted by atomic mass is 35.5. The Morgan fingerprint density at radius 1 is 1.14 bits per heavy atom. The lowest BCUT2D eigenvalue weighted by molar-refractivity contribution is -0.0893. The van der Waals surface area contributed by atoms with Crippen LogP contribution in [0.1, 0.15) is 77.4 Å². The van der Waals surface area contributed by atoms with Crippen LogP contribution in [0, 0.1) is 0 Å². The van der Waals surface area contributed by atoms with E-state index in [0.717, 1.165) is 60.2 Å². The van der Waals surface area contributed by atoms with E-state index in [1.807, 2.05) is 58.0 Å². The van der Waals surface area contributed by atoms with Crippen LogP contribution >= 0.6 is 12.4 Å². The Morgan fingerprint density at radius 3 is 2.80 bits per heavy atom. The molecule has 3 aromatic rings. The molecule has 3 aliphatic rings. The summed E-state index contributed by atoms with van der Waals surface area (Å²) in [6.07, 6.45) is 8.14. The standard InChI is InChI=1S/C34H42N4O5.ClH/c1-42-22-34(41)16-6-5-12-30(34)38-23-36-31(32(38)24-8-3-2-4-9-24)33(40)37-18-17-35-21-26(37)15-19-43-27-13-14-28-25(20-27)10-7-11-29(28)39;/h2-4,8-9,13-14,20,23,26,30,35,41H,5-7,10-12,15-19,21-22H2,1H3;1H/t26-,30-,34-;/m1./s1. The Kier molecular flexibility index (Phi) is 10.4. The van der Waals surface area contributed by atoms with Gasteiger partial charge >= 0.3 is 0 Å². The zero-order valence-corrected chi connectivity index (χ0v) is 26.2. The minimum Gasteiger partial charge on any atom is -0.494 e. The van der Waals surface area contributed by atoms with Gasteiger partial charge in [-0.1, -0.05) is 43.2 Å². The van der Waals surface area contributed by atoms with E-state index in [0.29, 0.717) is 51.2 Å². The number of ether oxygens (including phenoxy) is 2. The van der Waals surface area contributed by atoms with E-state index in [1.54, 1.807) is 13.4 Å². The zero-order chi connectivity index (χ0) is 29.8. The Morgan fingerprint density at radius 2 is 1.98 bits per heavy atom. The van der Waals surface area contributed by atoms with Crippen LogP contribution in [0.3, 0.4) is 0 Å². The van der Waals surface area contributed by atoms with E-state index in [1.165, 1.54) is 0 Å². The second kappa shape index (κ2) is 14.2. The first kappa shape index (κ1) is 32.2. The number of ketones is 1. The maximum Gasteiger partial charge on any atom is 0.275 e. The summed E-state index contributed by atoms with van der Waals surface area (Å²) in [6, 6.07) is 15.3. The summed E-state index contributed by atoms with van der Waals surface area (Å²) < 4.78 is 13.6. The molecule has 3 atom stereocenters. The number of halogens is 1. The summed E-state index contributed by atoms with van der Waals surface area (Å²) in [7, 11) is 1.62. The number of nitrogens with one attached hydrogen (secondary N) is 1. The van der Waals surface area contributed by atoms with Gasteiger partial charge in [0.15, 0.2) is 11.5 Å². The third kappa shape index (κ3) is 6.56. The number of aryl methyl sites for hydroxylation is 1. The van der Waals surface area contributed by atoms with Crippen molar-refractivity contribution in [2.45, 2.75) is 69.1 Å². The molecule has 9 nitrogen and oxygen atoms in total. The second-order valence-corrected chi connectivity index (χ2v) is 12.1. The first-order valence-electron chi connectivity index (χ1n) is 15.6. The molecule has 236 valence electrons. The molecule has 0 radical (unpaired) electrons. The smallest absolute Gasteiger partial charge is 0.275 e. The van der Waals surface area contributed by atoms with Crippen molar-refractivity contribution in [2.75, 3.05) is 40.0 Å². The molecule has 0 unspecified atom stereocenters. The normalized spacial score (nSPS) is 23.5. The number of methoxy groups -OCH3 is 1. The van der Waals surface area contributed by atoms with E-state index in [-0.39, 0.29) is 42.8 Å². The van der Waals surface area contributed by atoms with Gasteiger partial charge in [0.25, 0.3) is 5.91 Å². The third-order valence-corrected chi connectivity index (χ3v) is 9.29. The van der Waals surface area contributed by atoms with Gasteiger partial charge in [0.2, 0.25) is 0 Å². The van der Waals surface area contributed by atoms with Crippen LogP contribution in [0.5, 0.6) is 5.75 Å². The van der Waals surface area contributed by atoms with Gasteiger partial charge in [0.1, 0.15) is 11.4 Å². The fourth-order valence-corrected chi connectivity index (χ4v) is 7.10. The van der Waals surface area contributed by atoms with E-state index in [2.05, 4.69) is 5.32 Å². The average Bonchev–Trinajstić information content (AvgIpc) is 3.46. The highest BCUT2D eigenvalue weighted by molar-refractivity contribution is 5.99. The molecular formula is C34H43ClN4O5. The lowest BCUT2D eigenvalue weighted by atomic mass is 9.80. The number of nitrogens with zero attached hydrogens (tertiary/aromatic N) is 3. The number of carbonyl (C=O) groups is 2. The minimum absolute atomic E-state index is 0. The molecule has 1 saturated carbocycles. The largest absolute Gasteiger partial charge is 0.494 e. The van der Waals surface area contributed by atoms with E-state index in [9.17, 15) is 14.7 Å². The molecule has 44 heavy (non-hydrogen) atoms. The van der Waals surface area contributed by atoms with Gasteiger partial charge in [0, 0.05) is 56.8 Å². The first-order chi connectivity index (χ1) is 21.0. The zero-order valence-electron chi connectivity index (χ0n) is 25.4. The first-order valence-corrected chi connectivity index (χ1v) is 15.6. The van der Waals surface area contributed by atoms with Gasteiger partial charge in [-0.25, -0.2) is 4.98 Å². The lowest BCUT2D eigenvalue weighted by Crippen LogP contribution is -2.54. The summed E-state index contributed by atoms with van der Waals surface area (Å²) in [4.78, 5) is 33.1. The van der Waals surface area contributed by atoms with Crippen LogP contribution in [0.25, 0.3) is 11.3 Å². The predicted molar refractivity (Wildman–Crippen MR) is 171 cm³/mol. The van der Waals surface area contributed by atoms with Crippen molar-refractivity contribution >= 4 is 24.1 Å². The van der Waals surface area contributed by atoms with Crippen LogP contribution in [0.4, 0.5) is 0 Å². The van der Waals surface area contributed by atoms with Crippen LogP contribution in [-0.4, -0.2) is 82.8 Å². The summed E-state index contributed by atoms with van der Waals surface area (Å²) >= 11 is 0. The Labute approximate surface area is 265 Å². The fourth-order valence-electron chi connectivity index (χ4n) is 7.10. The minimum atomic E-state index is -1.03. The van der Waals surface area contributed by atoms with Crippen LogP contribution in [0.2, 0.25) is 0 Å². The van der Waals surface area contributed by atoms with Crippen LogP contribution in [0.15, 0.2) is 54.9 Å². The van der Waals surface area contributed by atoms with Crippen LogP contribution in [-0.2, 0) is 11.2 Å². The fraction of sp³-hybridized carbons (Fsp3) is 0.500. The van der Waals surface area contributed by atoms with Crippen molar-refractivity contribution in [2.24, 2.45) is 0 Å². The number of hydrogen-bond acceptors (Lipinski definition) is 7. The Bertz CT molecular complexity index is 1440. The number of hydrogen-bond donors (Lipinski definition) is 2. The molecule has 2 aromatic carbocycles. The lowest BCUT2D eigenvalue weighted by Gasteiger charge is -2.41. The van der Waals surface area contributed by atoms with Crippen LogP contribution < -0.4 is 10.1 Å². The van der Waals surface area contributed by atoms with Gasteiger partial charge in [-0.15, -0.1) is 12.4 Å². The third-order valence-electron chi connectivity index (χ3n) is 9.29. The quantitative estimate of drug-likeness (QED) is 0.351. The highest BCUT2D eigenvalue weighted by Crippen LogP contribution is 2.41. The van der Waals surface area contributed by atoms with Crippen molar-refractivity contribution in [3.8, 4) is 17.0 Å². The Balaban J connectivity index is 0.00000384. The second-order valence-electron chi connectivity index (χ2n) is 12.1. The molecule has 0 bridgehead atoms. The number of imidazole rings is 1. The maximum absolute atomic E-state index is 14.3. The summed E-state index contributed by atoms with van der Waals surface area (Å²) in [5.74, 6) is 0.859. The molecule has 1 aliphatic heterocycles. The molecule has 10 heteroatoms. The monoisotopic (exact) mass is 622 g/mol. The SMILES string of the molecule is COC[C@]1(O)CCCC[C@H]1n1cnc(C(=O)N2CCNC[C@H]2CCOc2ccc3c(c2)CCCC3=O)c1-c1ccccc1.Cl. The van der Waals surface area contributed by atoms with Crippen molar-refractivity contribution in [1.29, 1.82) is 0 Å². The number of benzene rings is 2. The van der Waals surface area contributed by atoms with Gasteiger partial charge in [0.05, 0.1) is 31.3 Å². The molecular weight excluding hydrogens is 580 g/mol. The molecule has 6 rings (SSSR count). The summed E-state index contributed by atoms with van der Waals surface area (Å²) in [5.41, 5.74) is 2.89. The summed E-state index contributed by atoms with van der Waals surface area (Å²) in [5, 5.41) is 15.1. The number of carbonyl (C=O) groups excluding carboxylic acids is 2. The van der Waals surface area contributed by atoms with E-state index in [4.69, 9.17) is 14.5 Å².